The number of pyridine rings is 1. The van der Waals surface area contributed by atoms with Gasteiger partial charge in [-0.1, -0.05) is 72.6 Å². The Kier molecular flexibility index (Phi) is 5.52. The summed E-state index contributed by atoms with van der Waals surface area (Å²) in [7, 11) is 0. The Labute approximate surface area is 179 Å². The number of hydrogen-bond acceptors (Lipinski definition) is 2. The zero-order chi connectivity index (χ0) is 20.4. The number of para-hydroxylation sites is 1. The van der Waals surface area contributed by atoms with E-state index in [-0.39, 0.29) is 5.91 Å². The second kappa shape index (κ2) is 8.24. The van der Waals surface area contributed by atoms with Gasteiger partial charge in [0.1, 0.15) is 0 Å². The number of fused-ring (bicyclic) bond motifs is 1. The van der Waals surface area contributed by atoms with Crippen molar-refractivity contribution in [3.05, 3.63) is 94.0 Å². The Bertz CT molecular complexity index is 1200. The van der Waals surface area contributed by atoms with Crippen LogP contribution >= 0.6 is 23.2 Å². The van der Waals surface area contributed by atoms with Gasteiger partial charge in [0.15, 0.2) is 0 Å². The maximum atomic E-state index is 13.1. The minimum Gasteiger partial charge on any atom is -0.321 e. The van der Waals surface area contributed by atoms with Gasteiger partial charge in [0.2, 0.25) is 0 Å². The van der Waals surface area contributed by atoms with Crippen LogP contribution in [0.3, 0.4) is 0 Å². The number of nitrogens with zero attached hydrogens (tertiary/aromatic N) is 1. The summed E-state index contributed by atoms with van der Waals surface area (Å²) in [5.41, 5.74) is 4.78. The van der Waals surface area contributed by atoms with E-state index >= 15 is 0 Å². The first-order valence-electron chi connectivity index (χ1n) is 9.30. The Hall–Kier alpha value is -2.88. The molecule has 4 aromatic rings. The summed E-state index contributed by atoms with van der Waals surface area (Å²) in [6.07, 6.45) is 0.973. The van der Waals surface area contributed by atoms with Crippen LogP contribution in [0.15, 0.2) is 72.8 Å². The van der Waals surface area contributed by atoms with Crippen molar-refractivity contribution in [3.8, 4) is 11.3 Å². The third-order valence-electron chi connectivity index (χ3n) is 4.80. The molecular weight excluding hydrogens is 403 g/mol. The quantitative estimate of drug-likeness (QED) is 0.385. The maximum absolute atomic E-state index is 13.1. The van der Waals surface area contributed by atoms with E-state index in [9.17, 15) is 4.79 Å². The van der Waals surface area contributed by atoms with Crippen LogP contribution in [0.1, 0.15) is 22.8 Å². The van der Waals surface area contributed by atoms with Crippen LogP contribution in [-0.2, 0) is 6.42 Å². The molecule has 1 amide bonds. The highest BCUT2D eigenvalue weighted by atomic mass is 35.5. The minimum atomic E-state index is -0.251. The van der Waals surface area contributed by atoms with Crippen molar-refractivity contribution in [2.24, 2.45) is 0 Å². The summed E-state index contributed by atoms with van der Waals surface area (Å²) >= 11 is 12.2. The predicted molar refractivity (Wildman–Crippen MR) is 121 cm³/mol. The molecule has 4 rings (SSSR count). The van der Waals surface area contributed by atoms with Gasteiger partial charge in [0.25, 0.3) is 5.91 Å². The average molecular weight is 421 g/mol. The summed E-state index contributed by atoms with van der Waals surface area (Å²) in [5, 5.41) is 4.57. The number of amides is 1. The first-order valence-corrected chi connectivity index (χ1v) is 10.1. The molecule has 144 valence electrons. The number of carbonyl (C=O) groups is 1. The van der Waals surface area contributed by atoms with Crippen LogP contribution in [0, 0.1) is 0 Å². The molecule has 0 fully saturated rings. The lowest BCUT2D eigenvalue weighted by Gasteiger charge is -2.12. The van der Waals surface area contributed by atoms with E-state index in [0.717, 1.165) is 28.6 Å². The van der Waals surface area contributed by atoms with Gasteiger partial charge in [0, 0.05) is 16.0 Å². The van der Waals surface area contributed by atoms with E-state index < -0.39 is 0 Å². The third kappa shape index (κ3) is 4.12. The molecule has 1 N–H and O–H groups in total. The summed E-state index contributed by atoms with van der Waals surface area (Å²) in [5.74, 6) is -0.251. The number of benzene rings is 3. The van der Waals surface area contributed by atoms with Crippen molar-refractivity contribution < 1.29 is 4.79 Å². The molecule has 0 atom stereocenters. The lowest BCUT2D eigenvalue weighted by Crippen LogP contribution is -2.13. The summed E-state index contributed by atoms with van der Waals surface area (Å²) in [6.45, 7) is 2.12. The number of aromatic nitrogens is 1. The van der Waals surface area contributed by atoms with Crippen molar-refractivity contribution in [3.63, 3.8) is 0 Å². The molecule has 0 aliphatic heterocycles. The zero-order valence-electron chi connectivity index (χ0n) is 15.7. The molecule has 0 unspecified atom stereocenters. The number of halogens is 2. The van der Waals surface area contributed by atoms with E-state index in [0.29, 0.717) is 21.3 Å². The highest BCUT2D eigenvalue weighted by Crippen LogP contribution is 2.29. The first-order chi connectivity index (χ1) is 14.0. The lowest BCUT2D eigenvalue weighted by molar-refractivity contribution is 0.102. The van der Waals surface area contributed by atoms with Gasteiger partial charge in [-0.05, 0) is 42.3 Å². The smallest absolute Gasteiger partial charge is 0.256 e. The molecule has 0 aliphatic rings. The number of nitrogens with one attached hydrogen (secondary N) is 1. The van der Waals surface area contributed by atoms with Crippen LogP contribution in [0.5, 0.6) is 0 Å². The summed E-state index contributed by atoms with van der Waals surface area (Å²) in [6, 6.07) is 22.6. The topological polar surface area (TPSA) is 42.0 Å². The normalized spacial score (nSPS) is 10.9. The number of carbonyl (C=O) groups excluding carboxylic acids is 1. The fourth-order valence-electron chi connectivity index (χ4n) is 3.20. The Balaban J connectivity index is 1.78. The summed E-state index contributed by atoms with van der Waals surface area (Å²) in [4.78, 5) is 17.9. The monoisotopic (exact) mass is 420 g/mol. The number of anilines is 1. The Morgan fingerprint density at radius 1 is 0.966 bits per heavy atom. The Morgan fingerprint density at radius 3 is 2.45 bits per heavy atom. The van der Waals surface area contributed by atoms with Crippen LogP contribution in [0.2, 0.25) is 10.0 Å². The molecule has 1 aromatic heterocycles. The molecule has 0 aliphatic carbocycles. The summed E-state index contributed by atoms with van der Waals surface area (Å²) < 4.78 is 0. The van der Waals surface area contributed by atoms with E-state index in [4.69, 9.17) is 28.2 Å². The van der Waals surface area contributed by atoms with E-state index in [1.807, 2.05) is 42.5 Å². The lowest BCUT2D eigenvalue weighted by atomic mass is 10.0. The molecule has 0 saturated heterocycles. The maximum Gasteiger partial charge on any atom is 0.256 e. The van der Waals surface area contributed by atoms with E-state index in [1.165, 1.54) is 5.56 Å². The number of hydrogen-bond donors (Lipinski definition) is 1. The van der Waals surface area contributed by atoms with Crippen molar-refractivity contribution in [1.29, 1.82) is 0 Å². The fourth-order valence-corrected chi connectivity index (χ4v) is 3.66. The number of rotatable bonds is 4. The highest BCUT2D eigenvalue weighted by molar-refractivity contribution is 6.37. The van der Waals surface area contributed by atoms with Gasteiger partial charge in [-0.15, -0.1) is 0 Å². The first kappa shape index (κ1) is 19.4. The van der Waals surface area contributed by atoms with Crippen LogP contribution in [0.4, 0.5) is 5.69 Å². The van der Waals surface area contributed by atoms with Gasteiger partial charge < -0.3 is 5.32 Å². The molecule has 1 heterocycles. The second-order valence-corrected chi connectivity index (χ2v) is 7.54. The van der Waals surface area contributed by atoms with Gasteiger partial charge >= 0.3 is 0 Å². The molecule has 0 spiro atoms. The molecule has 5 heteroatoms. The highest BCUT2D eigenvalue weighted by Gasteiger charge is 2.15. The zero-order valence-corrected chi connectivity index (χ0v) is 17.3. The molecule has 3 nitrogen and oxygen atoms in total. The van der Waals surface area contributed by atoms with E-state index in [2.05, 4.69) is 24.4 Å². The number of aryl methyl sites for hydroxylation is 1. The molecular formula is C24H18Cl2N2O. The van der Waals surface area contributed by atoms with E-state index in [1.54, 1.807) is 18.2 Å². The van der Waals surface area contributed by atoms with Gasteiger partial charge in [-0.25, -0.2) is 4.98 Å². The van der Waals surface area contributed by atoms with Crippen molar-refractivity contribution in [2.75, 3.05) is 5.32 Å². The van der Waals surface area contributed by atoms with Crippen LogP contribution < -0.4 is 5.32 Å². The predicted octanol–water partition coefficient (Wildman–Crippen LogP) is 7.02. The second-order valence-electron chi connectivity index (χ2n) is 6.70. The minimum absolute atomic E-state index is 0.251. The largest absolute Gasteiger partial charge is 0.321 e. The molecule has 29 heavy (non-hydrogen) atoms. The Morgan fingerprint density at radius 2 is 1.72 bits per heavy atom. The average Bonchev–Trinajstić information content (AvgIpc) is 2.75. The SMILES string of the molecule is CCc1ccc(-c2cc(C(=O)Nc3ccc(Cl)cc3Cl)c3ccccc3n2)cc1. The van der Waals surface area contributed by atoms with Crippen molar-refractivity contribution in [2.45, 2.75) is 13.3 Å². The van der Waals surface area contributed by atoms with Crippen LogP contribution in [0.25, 0.3) is 22.2 Å². The van der Waals surface area contributed by atoms with Gasteiger partial charge in [-0.2, -0.15) is 0 Å². The van der Waals surface area contributed by atoms with Gasteiger partial charge in [-0.3, -0.25) is 4.79 Å². The van der Waals surface area contributed by atoms with Crippen LogP contribution in [-0.4, -0.2) is 10.9 Å². The molecule has 3 aromatic carbocycles. The van der Waals surface area contributed by atoms with Crippen molar-refractivity contribution in [1.82, 2.24) is 4.98 Å². The third-order valence-corrected chi connectivity index (χ3v) is 5.35. The standard InChI is InChI=1S/C24H18Cl2N2O/c1-2-15-7-9-16(10-8-15)23-14-19(18-5-3-4-6-21(18)27-23)24(29)28-22-12-11-17(25)13-20(22)26/h3-14H,2H2,1H3,(H,28,29). The fraction of sp³-hybridized carbons (Fsp3) is 0.0833. The molecule has 0 saturated carbocycles. The molecule has 0 bridgehead atoms. The van der Waals surface area contributed by atoms with Crippen molar-refractivity contribution >= 4 is 45.7 Å². The van der Waals surface area contributed by atoms with Gasteiger partial charge in [0.05, 0.1) is 27.5 Å². The molecule has 0 radical (unpaired) electrons.